The number of hydrogen-bond donors (Lipinski definition) is 0. The number of rotatable bonds is 5. The molecule has 0 aliphatic carbocycles. The standard InChI is InChI=1S/C16H25N3O2S/c1-12-15(22-11-17-12)10-18(2)8-13-5-6-19(9-13)16(20)14-4-3-7-21-14/h11,13-14H,3-10H2,1-2H3/t13?,14-/m1/s1. The Bertz CT molecular complexity index is 513. The molecule has 22 heavy (non-hydrogen) atoms. The summed E-state index contributed by atoms with van der Waals surface area (Å²) in [5, 5.41) is 0. The van der Waals surface area contributed by atoms with Crippen LogP contribution in [0.4, 0.5) is 0 Å². The lowest BCUT2D eigenvalue weighted by molar-refractivity contribution is -0.139. The fourth-order valence-corrected chi connectivity index (χ4v) is 4.24. The van der Waals surface area contributed by atoms with Crippen molar-refractivity contribution in [3.63, 3.8) is 0 Å². The zero-order valence-corrected chi connectivity index (χ0v) is 14.3. The van der Waals surface area contributed by atoms with Crippen molar-refractivity contribution in [3.05, 3.63) is 16.1 Å². The van der Waals surface area contributed by atoms with E-state index in [9.17, 15) is 4.79 Å². The summed E-state index contributed by atoms with van der Waals surface area (Å²) in [7, 11) is 2.16. The molecule has 6 heteroatoms. The first-order valence-electron chi connectivity index (χ1n) is 8.11. The lowest BCUT2D eigenvalue weighted by Gasteiger charge is -2.22. The van der Waals surface area contributed by atoms with E-state index in [2.05, 4.69) is 23.9 Å². The minimum atomic E-state index is -0.170. The summed E-state index contributed by atoms with van der Waals surface area (Å²) in [4.78, 5) is 22.4. The van der Waals surface area contributed by atoms with Gasteiger partial charge in [-0.05, 0) is 39.2 Å². The van der Waals surface area contributed by atoms with Gasteiger partial charge in [-0.1, -0.05) is 0 Å². The molecule has 0 bridgehead atoms. The molecule has 0 radical (unpaired) electrons. The topological polar surface area (TPSA) is 45.7 Å². The highest BCUT2D eigenvalue weighted by atomic mass is 32.1. The molecular weight excluding hydrogens is 298 g/mol. The van der Waals surface area contributed by atoms with E-state index in [4.69, 9.17) is 4.74 Å². The summed E-state index contributed by atoms with van der Waals surface area (Å²) in [5.74, 6) is 0.782. The van der Waals surface area contributed by atoms with Crippen LogP contribution in [0.15, 0.2) is 5.51 Å². The molecule has 2 fully saturated rings. The van der Waals surface area contributed by atoms with Crippen LogP contribution in [0.2, 0.25) is 0 Å². The van der Waals surface area contributed by atoms with Crippen molar-refractivity contribution in [2.45, 2.75) is 38.8 Å². The van der Waals surface area contributed by atoms with E-state index in [1.54, 1.807) is 11.3 Å². The molecule has 122 valence electrons. The number of aromatic nitrogens is 1. The quantitative estimate of drug-likeness (QED) is 0.830. The van der Waals surface area contributed by atoms with Gasteiger partial charge in [0, 0.05) is 37.7 Å². The molecule has 0 aromatic carbocycles. The Kier molecular flexibility index (Phi) is 5.10. The van der Waals surface area contributed by atoms with Gasteiger partial charge in [0.1, 0.15) is 6.10 Å². The minimum Gasteiger partial charge on any atom is -0.368 e. The van der Waals surface area contributed by atoms with Crippen LogP contribution in [0.1, 0.15) is 29.8 Å². The number of likely N-dealkylation sites (tertiary alicyclic amines) is 1. The number of aryl methyl sites for hydroxylation is 1. The predicted molar refractivity (Wildman–Crippen MR) is 86.8 cm³/mol. The molecule has 1 amide bonds. The second-order valence-corrected chi connectivity index (χ2v) is 7.44. The molecule has 1 aromatic heterocycles. The summed E-state index contributed by atoms with van der Waals surface area (Å²) in [6, 6.07) is 0. The Hall–Kier alpha value is -0.980. The molecule has 2 atom stereocenters. The number of thiazole rings is 1. The highest BCUT2D eigenvalue weighted by Crippen LogP contribution is 2.23. The van der Waals surface area contributed by atoms with Gasteiger partial charge < -0.3 is 14.5 Å². The van der Waals surface area contributed by atoms with E-state index in [0.29, 0.717) is 5.92 Å². The van der Waals surface area contributed by atoms with Gasteiger partial charge in [-0.2, -0.15) is 0 Å². The third-order valence-electron chi connectivity index (χ3n) is 4.63. The molecule has 3 rings (SSSR count). The fraction of sp³-hybridized carbons (Fsp3) is 0.750. The largest absolute Gasteiger partial charge is 0.368 e. The van der Waals surface area contributed by atoms with E-state index >= 15 is 0 Å². The van der Waals surface area contributed by atoms with Crippen LogP contribution >= 0.6 is 11.3 Å². The third-order valence-corrected chi connectivity index (χ3v) is 5.55. The fourth-order valence-electron chi connectivity index (χ4n) is 3.39. The maximum atomic E-state index is 12.4. The van der Waals surface area contributed by atoms with Crippen molar-refractivity contribution in [1.29, 1.82) is 0 Å². The molecule has 2 saturated heterocycles. The van der Waals surface area contributed by atoms with Gasteiger partial charge in [-0.15, -0.1) is 11.3 Å². The second-order valence-electron chi connectivity index (χ2n) is 6.50. The molecule has 0 saturated carbocycles. The predicted octanol–water partition coefficient (Wildman–Crippen LogP) is 1.91. The van der Waals surface area contributed by atoms with E-state index in [0.717, 1.165) is 57.7 Å². The molecule has 2 aliphatic rings. The highest BCUT2D eigenvalue weighted by molar-refractivity contribution is 7.09. The monoisotopic (exact) mass is 323 g/mol. The van der Waals surface area contributed by atoms with Gasteiger partial charge in [0.05, 0.1) is 11.2 Å². The molecule has 5 nitrogen and oxygen atoms in total. The zero-order chi connectivity index (χ0) is 15.5. The number of amides is 1. The Labute approximate surface area is 136 Å². The smallest absolute Gasteiger partial charge is 0.251 e. The van der Waals surface area contributed by atoms with Gasteiger partial charge in [0.2, 0.25) is 0 Å². The van der Waals surface area contributed by atoms with Crippen LogP contribution in [0.5, 0.6) is 0 Å². The molecule has 0 N–H and O–H groups in total. The Morgan fingerprint density at radius 2 is 2.41 bits per heavy atom. The molecule has 3 heterocycles. The summed E-state index contributed by atoms with van der Waals surface area (Å²) in [5.41, 5.74) is 3.05. The van der Waals surface area contributed by atoms with Crippen molar-refractivity contribution in [1.82, 2.24) is 14.8 Å². The van der Waals surface area contributed by atoms with Crippen LogP contribution in [0, 0.1) is 12.8 Å². The normalized spacial score (nSPS) is 25.3. The zero-order valence-electron chi connectivity index (χ0n) is 13.5. The van der Waals surface area contributed by atoms with E-state index < -0.39 is 0 Å². The molecule has 1 unspecified atom stereocenters. The lowest BCUT2D eigenvalue weighted by atomic mass is 10.1. The maximum absolute atomic E-state index is 12.4. The van der Waals surface area contributed by atoms with E-state index in [-0.39, 0.29) is 12.0 Å². The average Bonchev–Trinajstić information content (AvgIpc) is 3.21. The van der Waals surface area contributed by atoms with Gasteiger partial charge in [0.25, 0.3) is 5.91 Å². The number of ether oxygens (including phenoxy) is 1. The number of hydrogen-bond acceptors (Lipinski definition) is 5. The maximum Gasteiger partial charge on any atom is 0.251 e. The Morgan fingerprint density at radius 3 is 3.09 bits per heavy atom. The minimum absolute atomic E-state index is 0.170. The van der Waals surface area contributed by atoms with Crippen LogP contribution in [0.3, 0.4) is 0 Å². The first-order chi connectivity index (χ1) is 10.6. The summed E-state index contributed by atoms with van der Waals surface area (Å²) >= 11 is 1.72. The summed E-state index contributed by atoms with van der Waals surface area (Å²) in [6.45, 7) is 6.56. The van der Waals surface area contributed by atoms with E-state index in [1.807, 2.05) is 10.4 Å². The molecule has 1 aromatic rings. The number of carbonyl (C=O) groups excluding carboxylic acids is 1. The number of carbonyl (C=O) groups is 1. The lowest BCUT2D eigenvalue weighted by Crippen LogP contribution is -2.38. The molecule has 2 aliphatic heterocycles. The number of nitrogens with zero attached hydrogens (tertiary/aromatic N) is 3. The van der Waals surface area contributed by atoms with E-state index in [1.165, 1.54) is 4.88 Å². The van der Waals surface area contributed by atoms with Gasteiger partial charge in [-0.25, -0.2) is 4.98 Å². The van der Waals surface area contributed by atoms with Gasteiger partial charge in [0.15, 0.2) is 0 Å². The first kappa shape index (κ1) is 15.9. The Balaban J connectivity index is 1.46. The SMILES string of the molecule is Cc1ncsc1CN(C)CC1CCN(C(=O)[C@H]2CCCO2)C1. The van der Waals surface area contributed by atoms with Crippen LogP contribution < -0.4 is 0 Å². The third kappa shape index (κ3) is 3.67. The van der Waals surface area contributed by atoms with Crippen LogP contribution in [-0.2, 0) is 16.1 Å². The van der Waals surface area contributed by atoms with Crippen molar-refractivity contribution in [3.8, 4) is 0 Å². The summed E-state index contributed by atoms with van der Waals surface area (Å²) < 4.78 is 5.52. The van der Waals surface area contributed by atoms with Crippen molar-refractivity contribution >= 4 is 17.2 Å². The van der Waals surface area contributed by atoms with Crippen LogP contribution in [-0.4, -0.2) is 60.1 Å². The second kappa shape index (κ2) is 7.06. The molecule has 0 spiro atoms. The first-order valence-corrected chi connectivity index (χ1v) is 8.99. The van der Waals surface area contributed by atoms with Gasteiger partial charge >= 0.3 is 0 Å². The van der Waals surface area contributed by atoms with Crippen LogP contribution in [0.25, 0.3) is 0 Å². The van der Waals surface area contributed by atoms with Crippen molar-refractivity contribution in [2.75, 3.05) is 33.3 Å². The average molecular weight is 323 g/mol. The van der Waals surface area contributed by atoms with Crippen molar-refractivity contribution < 1.29 is 9.53 Å². The van der Waals surface area contributed by atoms with Crippen molar-refractivity contribution in [2.24, 2.45) is 5.92 Å². The highest BCUT2D eigenvalue weighted by Gasteiger charge is 2.33. The summed E-state index contributed by atoms with van der Waals surface area (Å²) in [6.07, 6.45) is 2.84. The van der Waals surface area contributed by atoms with Gasteiger partial charge in [-0.3, -0.25) is 4.79 Å². The Morgan fingerprint density at radius 1 is 1.55 bits per heavy atom. The molecular formula is C16H25N3O2S.